The highest BCUT2D eigenvalue weighted by atomic mass is 16.5. The molecule has 0 unspecified atom stereocenters. The number of rotatable bonds is 4. The summed E-state index contributed by atoms with van der Waals surface area (Å²) in [4.78, 5) is 18.6. The number of aryl methyl sites for hydroxylation is 1. The molecule has 3 aromatic rings. The summed E-state index contributed by atoms with van der Waals surface area (Å²) in [5.74, 6) is 0.837. The number of aromatic nitrogens is 3. The van der Waals surface area contributed by atoms with Crippen LogP contribution in [0.3, 0.4) is 0 Å². The molecule has 0 fully saturated rings. The van der Waals surface area contributed by atoms with Crippen LogP contribution in [0.4, 0.5) is 0 Å². The summed E-state index contributed by atoms with van der Waals surface area (Å²) in [5, 5.41) is 4.62. The van der Waals surface area contributed by atoms with E-state index in [-0.39, 0.29) is 5.91 Å². The number of para-hydroxylation sites is 1. The predicted molar refractivity (Wildman–Crippen MR) is 96.7 cm³/mol. The van der Waals surface area contributed by atoms with Crippen LogP contribution in [-0.4, -0.2) is 32.1 Å². The topological polar surface area (TPSA) is 60.2 Å². The highest BCUT2D eigenvalue weighted by Gasteiger charge is 2.27. The first-order valence-electron chi connectivity index (χ1n) is 8.63. The van der Waals surface area contributed by atoms with Crippen molar-refractivity contribution in [3.8, 4) is 5.75 Å². The Labute approximate surface area is 152 Å². The van der Waals surface area contributed by atoms with E-state index >= 15 is 0 Å². The summed E-state index contributed by atoms with van der Waals surface area (Å²) in [6, 6.07) is 13.2. The second kappa shape index (κ2) is 7.00. The highest BCUT2D eigenvalue weighted by Crippen LogP contribution is 2.24. The number of carbonyl (C=O) groups is 1. The number of carbonyl (C=O) groups excluding carboxylic acids is 1. The molecule has 132 valence electrons. The average molecular weight is 348 g/mol. The molecule has 6 nitrogen and oxygen atoms in total. The quantitative estimate of drug-likeness (QED) is 0.727. The average Bonchev–Trinajstić information content (AvgIpc) is 3.02. The van der Waals surface area contributed by atoms with Gasteiger partial charge < -0.3 is 9.64 Å². The van der Waals surface area contributed by atoms with Gasteiger partial charge in [-0.05, 0) is 24.3 Å². The number of nitrogens with zero attached hydrogens (tertiary/aromatic N) is 4. The van der Waals surface area contributed by atoms with Crippen LogP contribution in [-0.2, 0) is 26.6 Å². The van der Waals surface area contributed by atoms with E-state index in [1.807, 2.05) is 47.0 Å². The van der Waals surface area contributed by atoms with Crippen molar-refractivity contribution in [2.45, 2.75) is 19.6 Å². The molecule has 1 aliphatic rings. The van der Waals surface area contributed by atoms with Gasteiger partial charge in [0, 0.05) is 55.8 Å². The molecule has 1 aliphatic heterocycles. The van der Waals surface area contributed by atoms with Crippen LogP contribution in [0.25, 0.3) is 0 Å². The molecule has 0 spiro atoms. The second-order valence-corrected chi connectivity index (χ2v) is 6.31. The van der Waals surface area contributed by atoms with Gasteiger partial charge in [0.25, 0.3) is 5.91 Å². The second-order valence-electron chi connectivity index (χ2n) is 6.31. The molecular weight excluding hydrogens is 328 g/mol. The lowest BCUT2D eigenvalue weighted by Crippen LogP contribution is -2.36. The molecule has 0 N–H and O–H groups in total. The van der Waals surface area contributed by atoms with Gasteiger partial charge in [0.1, 0.15) is 18.1 Å². The van der Waals surface area contributed by atoms with E-state index in [1.165, 1.54) is 5.69 Å². The monoisotopic (exact) mass is 348 g/mol. The third-order valence-electron chi connectivity index (χ3n) is 4.66. The van der Waals surface area contributed by atoms with Crippen molar-refractivity contribution in [2.75, 3.05) is 6.54 Å². The molecular formula is C20H20N4O2. The number of amides is 1. The molecule has 0 atom stereocenters. The summed E-state index contributed by atoms with van der Waals surface area (Å²) in [5.41, 5.74) is 3.82. The van der Waals surface area contributed by atoms with Crippen LogP contribution < -0.4 is 4.74 Å². The van der Waals surface area contributed by atoms with Crippen LogP contribution in [0, 0.1) is 0 Å². The SMILES string of the molecule is Cn1nc(COc2ccccc2)c2c1CCN(C(=O)c1ccncc1)C2. The maximum atomic E-state index is 12.7. The van der Waals surface area contributed by atoms with Crippen molar-refractivity contribution in [1.29, 1.82) is 0 Å². The van der Waals surface area contributed by atoms with E-state index in [9.17, 15) is 4.79 Å². The van der Waals surface area contributed by atoms with Crippen molar-refractivity contribution in [1.82, 2.24) is 19.7 Å². The van der Waals surface area contributed by atoms with Crippen LogP contribution in [0.5, 0.6) is 5.75 Å². The molecule has 0 saturated heterocycles. The number of ether oxygens (including phenoxy) is 1. The van der Waals surface area contributed by atoms with Crippen molar-refractivity contribution < 1.29 is 9.53 Å². The molecule has 2 aromatic heterocycles. The lowest BCUT2D eigenvalue weighted by Gasteiger charge is -2.27. The fourth-order valence-electron chi connectivity index (χ4n) is 3.30. The Morgan fingerprint density at radius 3 is 2.69 bits per heavy atom. The maximum absolute atomic E-state index is 12.7. The molecule has 4 rings (SSSR count). The van der Waals surface area contributed by atoms with Gasteiger partial charge in [-0.25, -0.2) is 0 Å². The largest absolute Gasteiger partial charge is 0.487 e. The fraction of sp³-hybridized carbons (Fsp3) is 0.250. The number of benzene rings is 1. The summed E-state index contributed by atoms with van der Waals surface area (Å²) < 4.78 is 7.77. The number of hydrogen-bond donors (Lipinski definition) is 0. The van der Waals surface area contributed by atoms with Gasteiger partial charge in [0.05, 0.1) is 0 Å². The van der Waals surface area contributed by atoms with E-state index in [0.29, 0.717) is 25.3 Å². The summed E-state index contributed by atoms with van der Waals surface area (Å²) in [6.45, 7) is 1.63. The van der Waals surface area contributed by atoms with Gasteiger partial charge in [0.15, 0.2) is 0 Å². The molecule has 26 heavy (non-hydrogen) atoms. The van der Waals surface area contributed by atoms with E-state index in [0.717, 1.165) is 23.4 Å². The zero-order valence-corrected chi connectivity index (χ0v) is 14.6. The third kappa shape index (κ3) is 3.18. The zero-order chi connectivity index (χ0) is 17.9. The molecule has 1 amide bonds. The zero-order valence-electron chi connectivity index (χ0n) is 14.6. The van der Waals surface area contributed by atoms with Crippen LogP contribution >= 0.6 is 0 Å². The van der Waals surface area contributed by atoms with Crippen molar-refractivity contribution in [2.24, 2.45) is 7.05 Å². The first-order chi connectivity index (χ1) is 12.7. The predicted octanol–water partition coefficient (Wildman–Crippen LogP) is 2.59. The van der Waals surface area contributed by atoms with Gasteiger partial charge >= 0.3 is 0 Å². The first-order valence-corrected chi connectivity index (χ1v) is 8.63. The molecule has 1 aromatic carbocycles. The van der Waals surface area contributed by atoms with Gasteiger partial charge in [0.2, 0.25) is 0 Å². The van der Waals surface area contributed by atoms with Gasteiger partial charge in [-0.15, -0.1) is 0 Å². The lowest BCUT2D eigenvalue weighted by atomic mass is 10.0. The Balaban J connectivity index is 1.53. The number of fused-ring (bicyclic) bond motifs is 1. The molecule has 0 bridgehead atoms. The van der Waals surface area contributed by atoms with Gasteiger partial charge in [-0.2, -0.15) is 5.10 Å². The minimum atomic E-state index is 0.0248. The molecule has 0 saturated carbocycles. The highest BCUT2D eigenvalue weighted by molar-refractivity contribution is 5.94. The van der Waals surface area contributed by atoms with E-state index < -0.39 is 0 Å². The van der Waals surface area contributed by atoms with Crippen LogP contribution in [0.15, 0.2) is 54.9 Å². The van der Waals surface area contributed by atoms with E-state index in [1.54, 1.807) is 24.5 Å². The lowest BCUT2D eigenvalue weighted by molar-refractivity contribution is 0.0732. The molecule has 3 heterocycles. The number of pyridine rings is 1. The Morgan fingerprint density at radius 2 is 1.92 bits per heavy atom. The number of hydrogen-bond acceptors (Lipinski definition) is 4. The van der Waals surface area contributed by atoms with Crippen molar-refractivity contribution in [3.05, 3.63) is 77.4 Å². The fourth-order valence-corrected chi connectivity index (χ4v) is 3.30. The molecule has 6 heteroatoms. The van der Waals surface area contributed by atoms with Crippen LogP contribution in [0.1, 0.15) is 27.3 Å². The summed E-state index contributed by atoms with van der Waals surface area (Å²) in [7, 11) is 1.95. The summed E-state index contributed by atoms with van der Waals surface area (Å²) >= 11 is 0. The summed E-state index contributed by atoms with van der Waals surface area (Å²) in [6.07, 6.45) is 4.08. The molecule has 0 aliphatic carbocycles. The smallest absolute Gasteiger partial charge is 0.254 e. The molecule has 0 radical (unpaired) electrons. The van der Waals surface area contributed by atoms with Crippen molar-refractivity contribution >= 4 is 5.91 Å². The minimum Gasteiger partial charge on any atom is -0.487 e. The van der Waals surface area contributed by atoms with Crippen molar-refractivity contribution in [3.63, 3.8) is 0 Å². The maximum Gasteiger partial charge on any atom is 0.254 e. The van der Waals surface area contributed by atoms with Crippen LogP contribution in [0.2, 0.25) is 0 Å². The Morgan fingerprint density at radius 1 is 1.15 bits per heavy atom. The minimum absolute atomic E-state index is 0.0248. The van der Waals surface area contributed by atoms with Gasteiger partial charge in [-0.3, -0.25) is 14.5 Å². The normalized spacial score (nSPS) is 13.3. The Hall–Kier alpha value is -3.15. The van der Waals surface area contributed by atoms with E-state index in [4.69, 9.17) is 4.74 Å². The third-order valence-corrected chi connectivity index (χ3v) is 4.66. The van der Waals surface area contributed by atoms with E-state index in [2.05, 4.69) is 10.1 Å². The Bertz CT molecular complexity index is 906. The first kappa shape index (κ1) is 16.3. The standard InChI is InChI=1S/C20H20N4O2/c1-23-19-9-12-24(20(25)15-7-10-21-11-8-15)13-17(19)18(22-23)14-26-16-5-3-2-4-6-16/h2-8,10-11H,9,12-14H2,1H3. The Kier molecular flexibility index (Phi) is 4.39. The van der Waals surface area contributed by atoms with Gasteiger partial charge in [-0.1, -0.05) is 18.2 Å².